The number of nitrogens with one attached hydrogen (secondary N) is 2. The van der Waals surface area contributed by atoms with E-state index in [1.807, 2.05) is 0 Å². The predicted octanol–water partition coefficient (Wildman–Crippen LogP) is 2.08. The van der Waals surface area contributed by atoms with Crippen LogP contribution >= 0.6 is 0 Å². The molecule has 8 heteroatoms. The van der Waals surface area contributed by atoms with Crippen molar-refractivity contribution in [1.82, 2.24) is 0 Å². The van der Waals surface area contributed by atoms with Gasteiger partial charge in [0.05, 0.1) is 25.1 Å². The first-order chi connectivity index (χ1) is 10.1. The van der Waals surface area contributed by atoms with Crippen LogP contribution in [0.2, 0.25) is 0 Å². The fraction of sp³-hybridized carbons (Fsp3) is 0.231. The molecule has 0 spiro atoms. The number of hydrogen-bond donors (Lipinski definition) is 2. The van der Waals surface area contributed by atoms with Gasteiger partial charge in [-0.15, -0.1) is 0 Å². The van der Waals surface area contributed by atoms with E-state index in [-0.39, 0.29) is 12.3 Å². The minimum atomic E-state index is -0.592. The number of amides is 1. The fourth-order valence-electron chi connectivity index (χ4n) is 1.34. The minimum absolute atomic E-state index is 0.258. The third-order valence-electron chi connectivity index (χ3n) is 2.22. The zero-order chi connectivity index (χ0) is 15.7. The van der Waals surface area contributed by atoms with Gasteiger partial charge >= 0.3 is 6.09 Å². The summed E-state index contributed by atoms with van der Waals surface area (Å²) in [6.45, 7) is 1.96. The molecule has 0 saturated heterocycles. The van der Waals surface area contributed by atoms with Gasteiger partial charge in [0, 0.05) is 6.07 Å². The Kier molecular flexibility index (Phi) is 6.03. The Bertz CT molecular complexity index is 612. The number of ether oxygens (including phenoxy) is 2. The molecular weight excluding hydrogens is 274 g/mol. The molecule has 1 amide bonds. The average Bonchev–Trinajstić information content (AvgIpc) is 2.49. The number of hydrogen-bond acceptors (Lipinski definition) is 7. The Morgan fingerprint density at radius 2 is 2.10 bits per heavy atom. The smallest absolute Gasteiger partial charge is 0.411 e. The van der Waals surface area contributed by atoms with Crippen LogP contribution in [0.15, 0.2) is 23.3 Å². The van der Waals surface area contributed by atoms with Crippen LogP contribution in [0, 0.1) is 22.7 Å². The summed E-state index contributed by atoms with van der Waals surface area (Å²) in [5.74, 6) is 0.374. The van der Waals surface area contributed by atoms with Gasteiger partial charge in [0.1, 0.15) is 17.9 Å². The Morgan fingerprint density at radius 1 is 1.38 bits per heavy atom. The van der Waals surface area contributed by atoms with Gasteiger partial charge in [0.25, 0.3) is 0 Å². The van der Waals surface area contributed by atoms with Crippen LogP contribution in [0.5, 0.6) is 5.75 Å². The van der Waals surface area contributed by atoms with Crippen molar-refractivity contribution < 1.29 is 14.3 Å². The molecule has 0 radical (unpaired) electrons. The second-order valence-electron chi connectivity index (χ2n) is 3.56. The second-order valence-corrected chi connectivity index (χ2v) is 3.56. The first-order valence-corrected chi connectivity index (χ1v) is 5.90. The maximum absolute atomic E-state index is 11.4. The van der Waals surface area contributed by atoms with Gasteiger partial charge in [-0.2, -0.15) is 15.6 Å². The van der Waals surface area contributed by atoms with E-state index in [1.165, 1.54) is 7.11 Å². The van der Waals surface area contributed by atoms with Crippen LogP contribution in [0.3, 0.4) is 0 Å². The predicted molar refractivity (Wildman–Crippen MR) is 75.9 cm³/mol. The molecule has 0 saturated carbocycles. The minimum Gasteiger partial charge on any atom is -0.494 e. The first kappa shape index (κ1) is 15.8. The van der Waals surface area contributed by atoms with E-state index in [2.05, 4.69) is 15.8 Å². The Balaban J connectivity index is 2.89. The number of methoxy groups -OCH3 is 1. The molecule has 0 unspecified atom stereocenters. The zero-order valence-corrected chi connectivity index (χ0v) is 11.5. The number of anilines is 2. The van der Waals surface area contributed by atoms with Gasteiger partial charge in [-0.05, 0) is 19.1 Å². The normalized spacial score (nSPS) is 8.76. The van der Waals surface area contributed by atoms with Crippen LogP contribution in [-0.2, 0) is 4.74 Å². The Hall–Kier alpha value is -3.26. The summed E-state index contributed by atoms with van der Waals surface area (Å²) in [5, 5.41) is 23.3. The quantitative estimate of drug-likeness (QED) is 0.632. The largest absolute Gasteiger partial charge is 0.494 e. The maximum Gasteiger partial charge on any atom is 0.411 e. The SMILES string of the molecule is CCOC(=O)Nc1ccc(NN=C(C#N)C#N)cc1OC. The van der Waals surface area contributed by atoms with E-state index < -0.39 is 6.09 Å². The van der Waals surface area contributed by atoms with Gasteiger partial charge in [-0.3, -0.25) is 10.7 Å². The lowest BCUT2D eigenvalue weighted by Gasteiger charge is -2.11. The van der Waals surface area contributed by atoms with Crippen molar-refractivity contribution in [3.05, 3.63) is 18.2 Å². The number of rotatable bonds is 5. The summed E-state index contributed by atoms with van der Waals surface area (Å²) in [6, 6.07) is 7.97. The summed E-state index contributed by atoms with van der Waals surface area (Å²) in [6.07, 6.45) is -0.592. The molecule has 0 heterocycles. The van der Waals surface area contributed by atoms with Crippen molar-refractivity contribution in [3.63, 3.8) is 0 Å². The molecule has 0 fully saturated rings. The standard InChI is InChI=1S/C13H13N5O3/c1-3-21-13(19)16-11-5-4-9(6-12(11)20-2)17-18-10(7-14)8-15/h4-6,17H,3H2,1-2H3,(H,16,19). The van der Waals surface area contributed by atoms with Crippen molar-refractivity contribution in [2.24, 2.45) is 5.10 Å². The molecule has 21 heavy (non-hydrogen) atoms. The van der Waals surface area contributed by atoms with E-state index in [0.29, 0.717) is 17.1 Å². The zero-order valence-electron chi connectivity index (χ0n) is 11.5. The lowest BCUT2D eigenvalue weighted by molar-refractivity contribution is 0.168. The highest BCUT2D eigenvalue weighted by molar-refractivity contribution is 6.10. The molecule has 0 aliphatic rings. The number of hydrazone groups is 1. The van der Waals surface area contributed by atoms with E-state index in [9.17, 15) is 4.79 Å². The molecule has 1 rings (SSSR count). The third kappa shape index (κ3) is 4.73. The molecule has 2 N–H and O–H groups in total. The maximum atomic E-state index is 11.4. The van der Waals surface area contributed by atoms with E-state index in [0.717, 1.165) is 0 Å². The molecule has 0 aliphatic carbocycles. The molecule has 108 valence electrons. The van der Waals surface area contributed by atoms with Gasteiger partial charge in [0.15, 0.2) is 0 Å². The van der Waals surface area contributed by atoms with Crippen molar-refractivity contribution in [3.8, 4) is 17.9 Å². The Labute approximate surface area is 121 Å². The molecular formula is C13H13N5O3. The van der Waals surface area contributed by atoms with Crippen molar-refractivity contribution >= 4 is 23.2 Å². The highest BCUT2D eigenvalue weighted by Gasteiger charge is 2.08. The molecule has 0 aliphatic heterocycles. The molecule has 0 atom stereocenters. The van der Waals surface area contributed by atoms with Crippen LogP contribution in [0.25, 0.3) is 0 Å². The summed E-state index contributed by atoms with van der Waals surface area (Å²) < 4.78 is 9.90. The van der Waals surface area contributed by atoms with Gasteiger partial charge in [-0.1, -0.05) is 0 Å². The summed E-state index contributed by atoms with van der Waals surface area (Å²) in [4.78, 5) is 11.4. The molecule has 8 nitrogen and oxygen atoms in total. The molecule has 1 aromatic carbocycles. The molecule has 0 aromatic heterocycles. The number of nitrogens with zero attached hydrogens (tertiary/aromatic N) is 3. The molecule has 1 aromatic rings. The number of carbonyl (C=O) groups excluding carboxylic acids is 1. The van der Waals surface area contributed by atoms with Crippen LogP contribution in [0.4, 0.5) is 16.2 Å². The lowest BCUT2D eigenvalue weighted by Crippen LogP contribution is -2.14. The van der Waals surface area contributed by atoms with Gasteiger partial charge in [-0.25, -0.2) is 4.79 Å². The third-order valence-corrected chi connectivity index (χ3v) is 2.22. The van der Waals surface area contributed by atoms with Crippen LogP contribution in [0.1, 0.15) is 6.92 Å². The molecule has 0 bridgehead atoms. The fourth-order valence-corrected chi connectivity index (χ4v) is 1.34. The van der Waals surface area contributed by atoms with Gasteiger partial charge < -0.3 is 9.47 Å². The number of benzene rings is 1. The van der Waals surface area contributed by atoms with E-state index in [4.69, 9.17) is 20.0 Å². The summed E-state index contributed by atoms with van der Waals surface area (Å²) in [7, 11) is 1.44. The lowest BCUT2D eigenvalue weighted by atomic mass is 10.2. The van der Waals surface area contributed by atoms with Crippen molar-refractivity contribution in [2.75, 3.05) is 24.5 Å². The van der Waals surface area contributed by atoms with E-state index >= 15 is 0 Å². The van der Waals surface area contributed by atoms with Crippen LogP contribution in [-0.4, -0.2) is 25.5 Å². The second kappa shape index (κ2) is 8.02. The summed E-state index contributed by atoms with van der Waals surface area (Å²) >= 11 is 0. The topological polar surface area (TPSA) is 120 Å². The first-order valence-electron chi connectivity index (χ1n) is 5.90. The Morgan fingerprint density at radius 3 is 2.67 bits per heavy atom. The van der Waals surface area contributed by atoms with Gasteiger partial charge in [0.2, 0.25) is 5.71 Å². The van der Waals surface area contributed by atoms with E-state index in [1.54, 1.807) is 37.3 Å². The number of carbonyl (C=O) groups is 1. The van der Waals surface area contributed by atoms with Crippen LogP contribution < -0.4 is 15.5 Å². The summed E-state index contributed by atoms with van der Waals surface area (Å²) in [5.41, 5.74) is 3.16. The monoisotopic (exact) mass is 287 g/mol. The highest BCUT2D eigenvalue weighted by atomic mass is 16.5. The number of nitriles is 2. The van der Waals surface area contributed by atoms with Crippen molar-refractivity contribution in [1.29, 1.82) is 10.5 Å². The highest BCUT2D eigenvalue weighted by Crippen LogP contribution is 2.28. The van der Waals surface area contributed by atoms with Crippen molar-refractivity contribution in [2.45, 2.75) is 6.92 Å². The average molecular weight is 287 g/mol.